The van der Waals surface area contributed by atoms with Crippen LogP contribution in [0.1, 0.15) is 87.5 Å². The van der Waals surface area contributed by atoms with Crippen molar-refractivity contribution < 1.29 is 14.0 Å². The lowest BCUT2D eigenvalue weighted by Gasteiger charge is -2.49. The van der Waals surface area contributed by atoms with Crippen LogP contribution in [0.25, 0.3) is 0 Å². The zero-order valence-electron chi connectivity index (χ0n) is 20.3. The molecule has 0 heterocycles. The van der Waals surface area contributed by atoms with Crippen molar-refractivity contribution in [1.29, 1.82) is 0 Å². The molecule has 3 nitrogen and oxygen atoms in total. The minimum absolute atomic E-state index is 0.0816. The molecule has 0 aromatic heterocycles. The van der Waals surface area contributed by atoms with E-state index >= 15 is 0 Å². The summed E-state index contributed by atoms with van der Waals surface area (Å²) >= 11 is 0. The largest absolute Gasteiger partial charge is 0.465 e. The van der Waals surface area contributed by atoms with Gasteiger partial charge < -0.3 is 9.16 Å². The minimum Gasteiger partial charge on any atom is -0.465 e. The Morgan fingerprint density at radius 2 is 1.71 bits per heavy atom. The summed E-state index contributed by atoms with van der Waals surface area (Å²) in [6.45, 7) is 22.9. The van der Waals surface area contributed by atoms with Gasteiger partial charge >= 0.3 is 5.97 Å². The molecule has 2 aliphatic carbocycles. The van der Waals surface area contributed by atoms with E-state index in [0.29, 0.717) is 35.9 Å². The highest BCUT2D eigenvalue weighted by Gasteiger charge is 2.54. The number of ether oxygens (including phenoxy) is 1. The zero-order chi connectivity index (χ0) is 21.5. The van der Waals surface area contributed by atoms with E-state index in [0.717, 1.165) is 0 Å². The topological polar surface area (TPSA) is 35.5 Å². The molecule has 0 amide bonds. The molecule has 0 spiro atoms. The summed E-state index contributed by atoms with van der Waals surface area (Å²) in [6, 6.07) is 0. The molecule has 28 heavy (non-hydrogen) atoms. The van der Waals surface area contributed by atoms with Crippen molar-refractivity contribution >= 4 is 14.3 Å². The second-order valence-corrected chi connectivity index (χ2v) is 17.2. The maximum absolute atomic E-state index is 12.2. The fraction of sp³-hybridized carbons (Fsp3) is 0.958. The molecule has 164 valence electrons. The van der Waals surface area contributed by atoms with E-state index in [1.54, 1.807) is 0 Å². The maximum atomic E-state index is 12.2. The van der Waals surface area contributed by atoms with Crippen LogP contribution in [0.3, 0.4) is 0 Å². The maximum Gasteiger partial charge on any atom is 0.311 e. The summed E-state index contributed by atoms with van der Waals surface area (Å²) in [6.07, 6.45) is 6.68. The molecule has 2 aliphatic rings. The third-order valence-electron chi connectivity index (χ3n) is 8.16. The Morgan fingerprint density at radius 1 is 1.11 bits per heavy atom. The molecule has 0 radical (unpaired) electrons. The molecule has 0 aromatic carbocycles. The fourth-order valence-electron chi connectivity index (χ4n) is 5.33. The fourth-order valence-corrected chi connectivity index (χ4v) is 6.72. The minimum atomic E-state index is -1.75. The monoisotopic (exact) mass is 410 g/mol. The average molecular weight is 411 g/mol. The summed E-state index contributed by atoms with van der Waals surface area (Å²) in [5.41, 5.74) is -0.104. The number of fused-ring (bicyclic) bond motifs is 1. The third kappa shape index (κ3) is 4.86. The van der Waals surface area contributed by atoms with Gasteiger partial charge in [-0.2, -0.15) is 0 Å². The van der Waals surface area contributed by atoms with Crippen LogP contribution in [0.2, 0.25) is 18.1 Å². The quantitative estimate of drug-likeness (QED) is 0.368. The molecule has 0 saturated heterocycles. The molecule has 0 bridgehead atoms. The third-order valence-corrected chi connectivity index (χ3v) is 12.7. The summed E-state index contributed by atoms with van der Waals surface area (Å²) in [4.78, 5) is 12.2. The van der Waals surface area contributed by atoms with Crippen LogP contribution < -0.4 is 0 Å². The number of hydrogen-bond acceptors (Lipinski definition) is 3. The molecule has 0 aliphatic heterocycles. The van der Waals surface area contributed by atoms with Crippen molar-refractivity contribution in [2.75, 3.05) is 6.61 Å². The number of rotatable bonds is 5. The Balaban J connectivity index is 2.07. The van der Waals surface area contributed by atoms with Crippen molar-refractivity contribution in [3.05, 3.63) is 0 Å². The summed E-state index contributed by atoms with van der Waals surface area (Å²) < 4.78 is 12.6. The zero-order valence-corrected chi connectivity index (χ0v) is 21.3. The molecular weight excluding hydrogens is 364 g/mol. The first-order valence-corrected chi connectivity index (χ1v) is 14.4. The van der Waals surface area contributed by atoms with Crippen LogP contribution in [0.5, 0.6) is 0 Å². The van der Waals surface area contributed by atoms with Gasteiger partial charge in [0.25, 0.3) is 0 Å². The Hall–Kier alpha value is -0.353. The van der Waals surface area contributed by atoms with E-state index in [4.69, 9.17) is 9.16 Å². The van der Waals surface area contributed by atoms with Gasteiger partial charge in [0.15, 0.2) is 8.32 Å². The van der Waals surface area contributed by atoms with E-state index in [-0.39, 0.29) is 11.0 Å². The molecule has 0 N–H and O–H groups in total. The molecule has 2 rings (SSSR count). The number of carbonyl (C=O) groups is 1. The highest BCUT2D eigenvalue weighted by atomic mass is 28.4. The SMILES string of the molecule is CC(COC(=O)C(C)(C)C)[C@H]1CC[C@H]2[C@@H](O[Si](C)(C)C(C)(C)C)CCC[C@]12C. The number of hydrogen-bond donors (Lipinski definition) is 0. The summed E-state index contributed by atoms with van der Waals surface area (Å²) in [7, 11) is -1.75. The van der Waals surface area contributed by atoms with Crippen LogP contribution in [-0.2, 0) is 14.0 Å². The molecule has 5 atom stereocenters. The second kappa shape index (κ2) is 8.06. The van der Waals surface area contributed by atoms with E-state index in [1.165, 1.54) is 32.1 Å². The van der Waals surface area contributed by atoms with Gasteiger partial charge in [-0.05, 0) is 87.8 Å². The van der Waals surface area contributed by atoms with Gasteiger partial charge in [-0.1, -0.05) is 41.0 Å². The van der Waals surface area contributed by atoms with E-state index in [1.807, 2.05) is 20.8 Å². The summed E-state index contributed by atoms with van der Waals surface area (Å²) in [5.74, 6) is 1.60. The first-order valence-electron chi connectivity index (χ1n) is 11.4. The van der Waals surface area contributed by atoms with Crippen LogP contribution >= 0.6 is 0 Å². The van der Waals surface area contributed by atoms with E-state index in [9.17, 15) is 4.79 Å². The van der Waals surface area contributed by atoms with Gasteiger partial charge in [-0.15, -0.1) is 0 Å². The standard InChI is InChI=1S/C24H46O3Si/c1-17(16-26-21(25)22(2,3)4)18-13-14-19-20(12-11-15-24(18,19)8)27-28(9,10)23(5,6)7/h17-20H,11-16H2,1-10H3/t17?,18-,19+,20+,24-/m1/s1. The molecule has 1 unspecified atom stereocenters. The Labute approximate surface area is 175 Å². The highest BCUT2D eigenvalue weighted by molar-refractivity contribution is 6.74. The first-order chi connectivity index (χ1) is 12.6. The van der Waals surface area contributed by atoms with Gasteiger partial charge in [0.1, 0.15) is 0 Å². The number of carbonyl (C=O) groups excluding carboxylic acids is 1. The second-order valence-electron chi connectivity index (χ2n) is 12.4. The lowest BCUT2D eigenvalue weighted by molar-refractivity contribution is -0.155. The van der Waals surface area contributed by atoms with Crippen molar-refractivity contribution in [2.24, 2.45) is 28.6 Å². The van der Waals surface area contributed by atoms with Gasteiger partial charge in [-0.25, -0.2) is 0 Å². The van der Waals surface area contributed by atoms with Crippen LogP contribution in [0.15, 0.2) is 0 Å². The summed E-state index contributed by atoms with van der Waals surface area (Å²) in [5, 5.41) is 0.257. The molecular formula is C24H46O3Si. The smallest absolute Gasteiger partial charge is 0.311 e. The van der Waals surface area contributed by atoms with Crippen molar-refractivity contribution in [2.45, 2.75) is 112 Å². The van der Waals surface area contributed by atoms with Crippen LogP contribution in [-0.4, -0.2) is 27.0 Å². The lowest BCUT2D eigenvalue weighted by atomic mass is 9.62. The average Bonchev–Trinajstić information content (AvgIpc) is 2.88. The van der Waals surface area contributed by atoms with Crippen molar-refractivity contribution in [1.82, 2.24) is 0 Å². The molecule has 0 aromatic rings. The first kappa shape index (κ1) is 23.9. The van der Waals surface area contributed by atoms with Gasteiger partial charge in [0, 0.05) is 6.10 Å². The lowest BCUT2D eigenvalue weighted by Crippen LogP contribution is -2.50. The normalized spacial score (nSPS) is 32.7. The van der Waals surface area contributed by atoms with Crippen molar-refractivity contribution in [3.8, 4) is 0 Å². The van der Waals surface area contributed by atoms with Crippen LogP contribution in [0, 0.1) is 28.6 Å². The van der Waals surface area contributed by atoms with E-state index < -0.39 is 13.7 Å². The van der Waals surface area contributed by atoms with Crippen molar-refractivity contribution in [3.63, 3.8) is 0 Å². The van der Waals surface area contributed by atoms with Gasteiger partial charge in [0.2, 0.25) is 0 Å². The van der Waals surface area contributed by atoms with E-state index in [2.05, 4.69) is 47.7 Å². The highest BCUT2D eigenvalue weighted by Crippen LogP contribution is 2.59. The Kier molecular flexibility index (Phi) is 6.88. The Bertz CT molecular complexity index is 557. The van der Waals surface area contributed by atoms with Gasteiger partial charge in [-0.3, -0.25) is 4.79 Å². The predicted octanol–water partition coefficient (Wildman–Crippen LogP) is 6.82. The molecule has 2 saturated carbocycles. The Morgan fingerprint density at radius 3 is 2.25 bits per heavy atom. The molecule has 2 fully saturated rings. The van der Waals surface area contributed by atoms with Gasteiger partial charge in [0.05, 0.1) is 12.0 Å². The van der Waals surface area contributed by atoms with Crippen LogP contribution in [0.4, 0.5) is 0 Å². The predicted molar refractivity (Wildman–Crippen MR) is 120 cm³/mol. The molecule has 4 heteroatoms. The number of esters is 1.